The van der Waals surface area contributed by atoms with Crippen molar-refractivity contribution in [3.8, 4) is 5.69 Å². The van der Waals surface area contributed by atoms with Crippen LogP contribution in [-0.4, -0.2) is 43.0 Å². The Balaban J connectivity index is 1.67. The van der Waals surface area contributed by atoms with Crippen molar-refractivity contribution in [3.05, 3.63) is 69.8 Å². The molecular weight excluding hydrogens is 426 g/mol. The van der Waals surface area contributed by atoms with Gasteiger partial charge in [-0.2, -0.15) is 4.68 Å². The third-order valence-electron chi connectivity index (χ3n) is 4.08. The molecule has 2 aromatic carbocycles. The Morgan fingerprint density at radius 3 is 2.42 bits per heavy atom. The summed E-state index contributed by atoms with van der Waals surface area (Å²) in [7, 11) is 0. The Morgan fingerprint density at radius 1 is 1.03 bits per heavy atom. The average molecular weight is 437 g/mol. The van der Waals surface area contributed by atoms with Crippen molar-refractivity contribution >= 4 is 41.4 Å². The number of urea groups is 1. The van der Waals surface area contributed by atoms with E-state index in [-0.39, 0.29) is 21.7 Å². The maximum absolute atomic E-state index is 11.9. The normalized spacial score (nSPS) is 13.5. The molecule has 12 nitrogen and oxygen atoms in total. The van der Waals surface area contributed by atoms with Crippen LogP contribution >= 0.6 is 11.8 Å². The summed E-state index contributed by atoms with van der Waals surface area (Å²) in [4.78, 5) is 46.2. The van der Waals surface area contributed by atoms with Gasteiger partial charge in [0, 0.05) is 6.07 Å². The predicted octanol–water partition coefficient (Wildman–Crippen LogP) is 1.47. The van der Waals surface area contributed by atoms with Gasteiger partial charge in [0.25, 0.3) is 17.5 Å². The van der Waals surface area contributed by atoms with Gasteiger partial charge in [-0.3, -0.25) is 30.3 Å². The summed E-state index contributed by atoms with van der Waals surface area (Å²) in [6.45, 7) is 0. The number of nitro benzene ring substituents is 1. The van der Waals surface area contributed by atoms with Gasteiger partial charge in [-0.15, -0.1) is 5.10 Å². The number of carbonyl (C=O) groups is 3. The fourth-order valence-corrected chi connectivity index (χ4v) is 3.57. The van der Waals surface area contributed by atoms with E-state index in [1.165, 1.54) is 22.9 Å². The smallest absolute Gasteiger partial charge is 0.273 e. The molecule has 2 heterocycles. The van der Waals surface area contributed by atoms with Gasteiger partial charge in [0.2, 0.25) is 5.16 Å². The van der Waals surface area contributed by atoms with E-state index >= 15 is 0 Å². The molecule has 1 aromatic heterocycles. The SMILES string of the molecule is O=C1NC(=O)C(=Cc2ccc(Sc3nnnn3-c3ccccc3)c([N+](=O)[O-])c2)C(=O)N1. The summed E-state index contributed by atoms with van der Waals surface area (Å²) in [6.07, 6.45) is 1.16. The molecule has 0 saturated carbocycles. The molecule has 0 radical (unpaired) electrons. The Morgan fingerprint density at radius 2 is 1.74 bits per heavy atom. The third-order valence-corrected chi connectivity index (χ3v) is 5.08. The molecular formula is C18H11N7O5S. The molecule has 0 aliphatic carbocycles. The molecule has 3 aromatic rings. The number of tetrazole rings is 1. The molecule has 13 heteroatoms. The van der Waals surface area contributed by atoms with Crippen molar-refractivity contribution in [2.45, 2.75) is 10.1 Å². The van der Waals surface area contributed by atoms with E-state index in [1.807, 2.05) is 16.7 Å². The van der Waals surface area contributed by atoms with Crippen LogP contribution in [-0.2, 0) is 9.59 Å². The highest BCUT2D eigenvalue weighted by Crippen LogP contribution is 2.35. The second-order valence-electron chi connectivity index (χ2n) is 6.09. The molecule has 31 heavy (non-hydrogen) atoms. The number of rotatable bonds is 5. The van der Waals surface area contributed by atoms with Gasteiger partial charge in [-0.1, -0.05) is 24.3 Å². The monoisotopic (exact) mass is 437 g/mol. The van der Waals surface area contributed by atoms with Gasteiger partial charge < -0.3 is 0 Å². The highest BCUT2D eigenvalue weighted by Gasteiger charge is 2.28. The molecule has 4 amide bonds. The van der Waals surface area contributed by atoms with Crippen molar-refractivity contribution in [1.82, 2.24) is 30.8 Å². The zero-order chi connectivity index (χ0) is 22.0. The molecule has 0 atom stereocenters. The fraction of sp³-hybridized carbons (Fsp3) is 0. The van der Waals surface area contributed by atoms with Crippen LogP contribution in [0.3, 0.4) is 0 Å². The number of hydrogen-bond donors (Lipinski definition) is 2. The van der Waals surface area contributed by atoms with E-state index < -0.39 is 22.8 Å². The fourth-order valence-electron chi connectivity index (χ4n) is 2.70. The molecule has 4 rings (SSSR count). The number of amides is 4. The van der Waals surface area contributed by atoms with Gasteiger partial charge in [0.05, 0.1) is 15.5 Å². The number of nitrogens with zero attached hydrogens (tertiary/aromatic N) is 5. The first-order valence-electron chi connectivity index (χ1n) is 8.61. The van der Waals surface area contributed by atoms with E-state index in [2.05, 4.69) is 15.5 Å². The molecule has 154 valence electrons. The lowest BCUT2D eigenvalue weighted by Gasteiger charge is -2.13. The molecule has 0 bridgehead atoms. The van der Waals surface area contributed by atoms with E-state index in [1.54, 1.807) is 24.3 Å². The van der Waals surface area contributed by atoms with Crippen molar-refractivity contribution in [3.63, 3.8) is 0 Å². The number of imide groups is 2. The summed E-state index contributed by atoms with van der Waals surface area (Å²) < 4.78 is 1.44. The van der Waals surface area contributed by atoms with Crippen LogP contribution in [0.1, 0.15) is 5.56 Å². The number of hydrogen-bond acceptors (Lipinski definition) is 9. The predicted molar refractivity (Wildman–Crippen MR) is 106 cm³/mol. The highest BCUT2D eigenvalue weighted by molar-refractivity contribution is 7.99. The maximum atomic E-state index is 11.9. The number of benzene rings is 2. The third kappa shape index (κ3) is 4.16. The largest absolute Gasteiger partial charge is 0.328 e. The second-order valence-corrected chi connectivity index (χ2v) is 7.10. The minimum atomic E-state index is -0.930. The first kappa shape index (κ1) is 19.9. The minimum absolute atomic E-state index is 0.230. The molecule has 1 fully saturated rings. The molecule has 0 spiro atoms. The number of nitro groups is 1. The Hall–Kier alpha value is -4.39. The maximum Gasteiger partial charge on any atom is 0.328 e. The number of carbonyl (C=O) groups excluding carboxylic acids is 3. The average Bonchev–Trinajstić information content (AvgIpc) is 3.20. The van der Waals surface area contributed by atoms with Crippen molar-refractivity contribution in [1.29, 1.82) is 0 Å². The molecule has 1 saturated heterocycles. The van der Waals surface area contributed by atoms with E-state index in [0.29, 0.717) is 10.8 Å². The Kier molecular flexibility index (Phi) is 5.24. The van der Waals surface area contributed by atoms with Gasteiger partial charge in [-0.25, -0.2) is 4.79 Å². The van der Waals surface area contributed by atoms with Crippen LogP contribution in [0.4, 0.5) is 10.5 Å². The zero-order valence-electron chi connectivity index (χ0n) is 15.4. The van der Waals surface area contributed by atoms with Crippen LogP contribution in [0.15, 0.2) is 64.2 Å². The van der Waals surface area contributed by atoms with Crippen LogP contribution in [0.25, 0.3) is 11.8 Å². The van der Waals surface area contributed by atoms with Crippen LogP contribution in [0, 0.1) is 10.1 Å². The minimum Gasteiger partial charge on any atom is -0.273 e. The quantitative estimate of drug-likeness (QED) is 0.260. The topological polar surface area (TPSA) is 162 Å². The highest BCUT2D eigenvalue weighted by atomic mass is 32.2. The second kappa shape index (κ2) is 8.16. The van der Waals surface area contributed by atoms with E-state index in [4.69, 9.17) is 0 Å². The number of nitrogens with one attached hydrogen (secondary N) is 2. The van der Waals surface area contributed by atoms with Gasteiger partial charge >= 0.3 is 6.03 Å². The standard InChI is InChI=1S/C18H11N7O5S/c26-15-12(16(27)20-17(28)19-15)8-10-6-7-14(13(9-10)25(29)30)31-18-21-22-23-24(18)11-4-2-1-3-5-11/h1-9H,(H2,19,20,26,27,28). The number of barbiturate groups is 1. The lowest BCUT2D eigenvalue weighted by Crippen LogP contribution is -2.51. The van der Waals surface area contributed by atoms with E-state index in [9.17, 15) is 24.5 Å². The summed E-state index contributed by atoms with van der Waals surface area (Å²) in [5, 5.41) is 27.3. The van der Waals surface area contributed by atoms with Crippen molar-refractivity contribution < 1.29 is 19.3 Å². The number of aromatic nitrogens is 4. The molecule has 1 aliphatic rings. The first-order chi connectivity index (χ1) is 14.9. The lowest BCUT2D eigenvalue weighted by atomic mass is 10.1. The van der Waals surface area contributed by atoms with Crippen LogP contribution in [0.2, 0.25) is 0 Å². The summed E-state index contributed by atoms with van der Waals surface area (Å²) in [5.74, 6) is -1.78. The first-order valence-corrected chi connectivity index (χ1v) is 9.42. The molecule has 0 unspecified atom stereocenters. The zero-order valence-corrected chi connectivity index (χ0v) is 16.2. The van der Waals surface area contributed by atoms with Gasteiger partial charge in [0.15, 0.2) is 0 Å². The van der Waals surface area contributed by atoms with Gasteiger partial charge in [0.1, 0.15) is 5.57 Å². The van der Waals surface area contributed by atoms with Crippen molar-refractivity contribution in [2.24, 2.45) is 0 Å². The molecule has 2 N–H and O–H groups in total. The summed E-state index contributed by atoms with van der Waals surface area (Å²) in [6, 6.07) is 12.3. The number of para-hydroxylation sites is 1. The van der Waals surface area contributed by atoms with Gasteiger partial charge in [-0.05, 0) is 52.0 Å². The Bertz CT molecular complexity index is 1230. The lowest BCUT2D eigenvalue weighted by molar-refractivity contribution is -0.387. The molecule has 1 aliphatic heterocycles. The summed E-state index contributed by atoms with van der Waals surface area (Å²) >= 11 is 0.988. The van der Waals surface area contributed by atoms with E-state index in [0.717, 1.165) is 17.8 Å². The summed E-state index contributed by atoms with van der Waals surface area (Å²) in [5.41, 5.74) is 0.299. The van der Waals surface area contributed by atoms with Crippen LogP contribution < -0.4 is 10.6 Å². The van der Waals surface area contributed by atoms with Crippen LogP contribution in [0.5, 0.6) is 0 Å². The van der Waals surface area contributed by atoms with Crippen molar-refractivity contribution in [2.75, 3.05) is 0 Å². The Labute approximate surface area is 177 Å².